The molecule has 0 spiro atoms. The average molecular weight is 340 g/mol. The lowest BCUT2D eigenvalue weighted by Crippen LogP contribution is -2.27. The van der Waals surface area contributed by atoms with Gasteiger partial charge in [-0.2, -0.15) is 0 Å². The van der Waals surface area contributed by atoms with Gasteiger partial charge in [0.1, 0.15) is 5.82 Å². The number of nitrogens with zero attached hydrogens (tertiary/aromatic N) is 2. The second-order valence-electron chi connectivity index (χ2n) is 4.19. The molecule has 0 fully saturated rings. The van der Waals surface area contributed by atoms with Gasteiger partial charge in [-0.3, -0.25) is 9.69 Å². The fourth-order valence-electron chi connectivity index (χ4n) is 1.64. The molecule has 1 heterocycles. The molecule has 19 heavy (non-hydrogen) atoms. The maximum Gasteiger partial charge on any atom is 0.259 e. The SMILES string of the molecule is Cc1ccc(C(=O)N(C)c2ncc(Cl)cc2Br)cc1. The summed E-state index contributed by atoms with van der Waals surface area (Å²) in [5.74, 6) is 0.422. The molecule has 0 aliphatic carbocycles. The third-order valence-corrected chi connectivity index (χ3v) is 3.50. The Labute approximate surface area is 125 Å². The summed E-state index contributed by atoms with van der Waals surface area (Å²) in [6, 6.07) is 9.13. The van der Waals surface area contributed by atoms with Gasteiger partial charge >= 0.3 is 0 Å². The van der Waals surface area contributed by atoms with Crippen molar-refractivity contribution in [3.63, 3.8) is 0 Å². The van der Waals surface area contributed by atoms with Crippen LogP contribution in [0.25, 0.3) is 0 Å². The largest absolute Gasteiger partial charge is 0.295 e. The summed E-state index contributed by atoms with van der Waals surface area (Å²) in [6.45, 7) is 1.98. The number of hydrogen-bond acceptors (Lipinski definition) is 2. The molecule has 0 aliphatic rings. The van der Waals surface area contributed by atoms with Crippen LogP contribution in [0, 0.1) is 6.92 Å². The molecule has 98 valence electrons. The Bertz CT molecular complexity index is 613. The van der Waals surface area contributed by atoms with Crippen LogP contribution in [0.3, 0.4) is 0 Å². The molecule has 0 saturated heterocycles. The van der Waals surface area contributed by atoms with E-state index in [0.29, 0.717) is 20.9 Å². The molecule has 1 amide bonds. The Kier molecular flexibility index (Phi) is 4.22. The highest BCUT2D eigenvalue weighted by Crippen LogP contribution is 2.26. The quantitative estimate of drug-likeness (QED) is 0.826. The van der Waals surface area contributed by atoms with Crippen molar-refractivity contribution in [2.75, 3.05) is 11.9 Å². The number of pyridine rings is 1. The van der Waals surface area contributed by atoms with Crippen LogP contribution in [-0.4, -0.2) is 17.9 Å². The molecule has 0 aliphatic heterocycles. The molecule has 1 aromatic heterocycles. The van der Waals surface area contributed by atoms with Crippen LogP contribution in [0.4, 0.5) is 5.82 Å². The van der Waals surface area contributed by atoms with Crippen molar-refractivity contribution >= 4 is 39.3 Å². The lowest BCUT2D eigenvalue weighted by atomic mass is 10.1. The van der Waals surface area contributed by atoms with Gasteiger partial charge in [0, 0.05) is 18.8 Å². The maximum atomic E-state index is 12.3. The lowest BCUT2D eigenvalue weighted by molar-refractivity contribution is 0.0992. The van der Waals surface area contributed by atoms with E-state index in [2.05, 4.69) is 20.9 Å². The van der Waals surface area contributed by atoms with Crippen LogP contribution in [-0.2, 0) is 0 Å². The molecule has 0 unspecified atom stereocenters. The summed E-state index contributed by atoms with van der Waals surface area (Å²) in [5, 5.41) is 0.520. The number of amides is 1. The second kappa shape index (κ2) is 5.72. The van der Waals surface area contributed by atoms with Gasteiger partial charge in [-0.1, -0.05) is 29.3 Å². The Balaban J connectivity index is 2.30. The van der Waals surface area contributed by atoms with E-state index in [9.17, 15) is 4.79 Å². The van der Waals surface area contributed by atoms with Crippen molar-refractivity contribution < 1.29 is 4.79 Å². The van der Waals surface area contributed by atoms with Crippen molar-refractivity contribution in [3.8, 4) is 0 Å². The first kappa shape index (κ1) is 14.0. The van der Waals surface area contributed by atoms with E-state index in [0.717, 1.165) is 5.56 Å². The zero-order valence-electron chi connectivity index (χ0n) is 10.5. The minimum Gasteiger partial charge on any atom is -0.295 e. The van der Waals surface area contributed by atoms with Gasteiger partial charge in [-0.05, 0) is 41.1 Å². The van der Waals surface area contributed by atoms with Crippen molar-refractivity contribution in [2.45, 2.75) is 6.92 Å². The van der Waals surface area contributed by atoms with Gasteiger partial charge in [-0.25, -0.2) is 4.98 Å². The number of carbonyl (C=O) groups excluding carboxylic acids is 1. The number of carbonyl (C=O) groups is 1. The van der Waals surface area contributed by atoms with Crippen molar-refractivity contribution in [1.82, 2.24) is 4.98 Å². The van der Waals surface area contributed by atoms with E-state index >= 15 is 0 Å². The van der Waals surface area contributed by atoms with Gasteiger partial charge in [0.05, 0.1) is 9.50 Å². The highest BCUT2D eigenvalue weighted by molar-refractivity contribution is 9.10. The number of halogens is 2. The molecular formula is C14H12BrClN2O. The van der Waals surface area contributed by atoms with Crippen molar-refractivity contribution in [1.29, 1.82) is 0 Å². The Morgan fingerprint density at radius 1 is 1.32 bits per heavy atom. The standard InChI is InChI=1S/C14H12BrClN2O/c1-9-3-5-10(6-4-9)14(19)18(2)13-12(15)7-11(16)8-17-13/h3-8H,1-2H3. The summed E-state index contributed by atoms with van der Waals surface area (Å²) >= 11 is 9.20. The van der Waals surface area contributed by atoms with E-state index in [4.69, 9.17) is 11.6 Å². The summed E-state index contributed by atoms with van der Waals surface area (Å²) < 4.78 is 0.683. The zero-order valence-corrected chi connectivity index (χ0v) is 12.9. The monoisotopic (exact) mass is 338 g/mol. The van der Waals surface area contributed by atoms with E-state index < -0.39 is 0 Å². The summed E-state index contributed by atoms with van der Waals surface area (Å²) in [6.07, 6.45) is 1.51. The normalized spacial score (nSPS) is 10.3. The van der Waals surface area contributed by atoms with Gasteiger partial charge < -0.3 is 0 Å². The Morgan fingerprint density at radius 2 is 1.95 bits per heavy atom. The summed E-state index contributed by atoms with van der Waals surface area (Å²) in [4.78, 5) is 18.0. The van der Waals surface area contributed by atoms with E-state index in [1.165, 1.54) is 11.1 Å². The molecule has 0 saturated carbocycles. The number of aryl methyl sites for hydroxylation is 1. The van der Waals surface area contributed by atoms with Gasteiger partial charge in [0.2, 0.25) is 0 Å². The van der Waals surface area contributed by atoms with Gasteiger partial charge in [0.15, 0.2) is 0 Å². The van der Waals surface area contributed by atoms with Crippen LogP contribution < -0.4 is 4.90 Å². The first-order valence-corrected chi connectivity index (χ1v) is 6.82. The number of aromatic nitrogens is 1. The summed E-state index contributed by atoms with van der Waals surface area (Å²) in [7, 11) is 1.68. The predicted molar refractivity (Wildman–Crippen MR) is 80.9 cm³/mol. The van der Waals surface area contributed by atoms with Crippen LogP contribution in [0.15, 0.2) is 41.0 Å². The summed E-state index contributed by atoms with van der Waals surface area (Å²) in [5.41, 5.74) is 1.74. The van der Waals surface area contributed by atoms with Crippen LogP contribution in [0.1, 0.15) is 15.9 Å². The van der Waals surface area contributed by atoms with Crippen molar-refractivity contribution in [2.24, 2.45) is 0 Å². The predicted octanol–water partition coefficient (Wildman–Crippen LogP) is 4.08. The molecule has 0 N–H and O–H groups in total. The minimum atomic E-state index is -0.115. The fourth-order valence-corrected chi connectivity index (χ4v) is 2.54. The van der Waals surface area contributed by atoms with E-state index in [1.54, 1.807) is 25.2 Å². The molecule has 1 aromatic carbocycles. The number of rotatable bonds is 2. The van der Waals surface area contributed by atoms with E-state index in [-0.39, 0.29) is 5.91 Å². The third kappa shape index (κ3) is 3.14. The molecular weight excluding hydrogens is 328 g/mol. The second-order valence-corrected chi connectivity index (χ2v) is 5.48. The molecule has 0 bridgehead atoms. The maximum absolute atomic E-state index is 12.3. The lowest BCUT2D eigenvalue weighted by Gasteiger charge is -2.17. The Morgan fingerprint density at radius 3 is 2.53 bits per heavy atom. The molecule has 0 radical (unpaired) electrons. The van der Waals surface area contributed by atoms with Crippen LogP contribution in [0.5, 0.6) is 0 Å². The first-order chi connectivity index (χ1) is 8.99. The highest BCUT2D eigenvalue weighted by Gasteiger charge is 2.16. The third-order valence-electron chi connectivity index (χ3n) is 2.71. The zero-order chi connectivity index (χ0) is 14.0. The molecule has 5 heteroatoms. The molecule has 0 atom stereocenters. The number of benzene rings is 1. The first-order valence-electron chi connectivity index (χ1n) is 5.65. The van der Waals surface area contributed by atoms with Crippen LogP contribution in [0.2, 0.25) is 5.02 Å². The number of hydrogen-bond donors (Lipinski definition) is 0. The topological polar surface area (TPSA) is 33.2 Å². The minimum absolute atomic E-state index is 0.115. The molecule has 3 nitrogen and oxygen atoms in total. The fraction of sp³-hybridized carbons (Fsp3) is 0.143. The van der Waals surface area contributed by atoms with Crippen LogP contribution >= 0.6 is 27.5 Å². The molecule has 2 aromatic rings. The van der Waals surface area contributed by atoms with Gasteiger partial charge in [-0.15, -0.1) is 0 Å². The molecule has 2 rings (SSSR count). The number of anilines is 1. The highest BCUT2D eigenvalue weighted by atomic mass is 79.9. The van der Waals surface area contributed by atoms with E-state index in [1.807, 2.05) is 19.1 Å². The average Bonchev–Trinajstić information content (AvgIpc) is 2.38. The Hall–Kier alpha value is -1.39. The van der Waals surface area contributed by atoms with Gasteiger partial charge in [0.25, 0.3) is 5.91 Å². The van der Waals surface area contributed by atoms with Crippen molar-refractivity contribution in [3.05, 3.63) is 57.2 Å². The smallest absolute Gasteiger partial charge is 0.259 e.